The first-order chi connectivity index (χ1) is 12.1. The molecule has 142 valence electrons. The number of halogens is 1. The molecule has 1 amide bonds. The number of thiophene rings is 1. The van der Waals surface area contributed by atoms with Crippen molar-refractivity contribution in [2.24, 2.45) is 0 Å². The largest absolute Gasteiger partial charge is 0.504 e. The van der Waals surface area contributed by atoms with E-state index in [0.29, 0.717) is 23.2 Å². The summed E-state index contributed by atoms with van der Waals surface area (Å²) in [6.07, 6.45) is 3.47. The van der Waals surface area contributed by atoms with Crippen molar-refractivity contribution in [1.29, 1.82) is 0 Å². The highest BCUT2D eigenvalue weighted by molar-refractivity contribution is 7.17. The fraction of sp³-hybridized carbons (Fsp3) is 0.421. The number of benzene rings is 1. The minimum absolute atomic E-state index is 0. The first-order valence-electron chi connectivity index (χ1n) is 8.54. The molecule has 1 aromatic heterocycles. The number of hydrogen-bond acceptors (Lipinski definition) is 5. The number of ether oxygens (including phenoxy) is 1. The van der Waals surface area contributed by atoms with Crippen molar-refractivity contribution in [2.45, 2.75) is 25.3 Å². The van der Waals surface area contributed by atoms with E-state index in [4.69, 9.17) is 4.74 Å². The van der Waals surface area contributed by atoms with E-state index < -0.39 is 0 Å². The second-order valence-corrected chi connectivity index (χ2v) is 7.46. The molecule has 0 aliphatic carbocycles. The zero-order chi connectivity index (χ0) is 17.8. The molecule has 0 spiro atoms. The fourth-order valence-electron chi connectivity index (χ4n) is 3.23. The van der Waals surface area contributed by atoms with E-state index >= 15 is 0 Å². The standard InChI is InChI=1S/C19H24N2O3S.ClH/c1-21-11-3-4-14(21)9-10-20-19(23)18-8-7-17(25-18)13-5-6-15(22)16(12-13)24-2;/h5-8,12,14,22H,3-4,9-11H2,1-2H3,(H,20,23);1H. The van der Waals surface area contributed by atoms with Gasteiger partial charge in [0.15, 0.2) is 11.5 Å². The maximum atomic E-state index is 12.3. The number of likely N-dealkylation sites (tertiary alicyclic amines) is 1. The lowest BCUT2D eigenvalue weighted by Gasteiger charge is -2.19. The summed E-state index contributed by atoms with van der Waals surface area (Å²) >= 11 is 1.44. The molecule has 1 atom stereocenters. The Morgan fingerprint density at radius 3 is 2.88 bits per heavy atom. The van der Waals surface area contributed by atoms with Gasteiger partial charge in [-0.15, -0.1) is 23.7 Å². The fourth-order valence-corrected chi connectivity index (χ4v) is 4.15. The lowest BCUT2D eigenvalue weighted by Crippen LogP contribution is -2.31. The number of phenols is 1. The number of aromatic hydroxyl groups is 1. The molecule has 3 rings (SSSR count). The molecule has 0 bridgehead atoms. The second kappa shape index (κ2) is 9.26. The van der Waals surface area contributed by atoms with E-state index in [0.717, 1.165) is 23.4 Å². The van der Waals surface area contributed by atoms with Crippen molar-refractivity contribution in [3.63, 3.8) is 0 Å². The molecule has 2 heterocycles. The van der Waals surface area contributed by atoms with Crippen LogP contribution in [-0.2, 0) is 0 Å². The van der Waals surface area contributed by atoms with Gasteiger partial charge in [-0.05, 0) is 68.8 Å². The summed E-state index contributed by atoms with van der Waals surface area (Å²) in [6.45, 7) is 1.86. The summed E-state index contributed by atoms with van der Waals surface area (Å²) in [4.78, 5) is 16.4. The molecular formula is C19H25ClN2O3S. The number of phenolic OH excluding ortho intramolecular Hbond substituents is 1. The third-order valence-electron chi connectivity index (χ3n) is 4.73. The molecule has 0 radical (unpaired) electrons. The molecule has 1 saturated heterocycles. The summed E-state index contributed by atoms with van der Waals surface area (Å²) in [7, 11) is 3.67. The van der Waals surface area contributed by atoms with E-state index in [1.807, 2.05) is 18.2 Å². The third-order valence-corrected chi connectivity index (χ3v) is 5.86. The van der Waals surface area contributed by atoms with Gasteiger partial charge < -0.3 is 20.1 Å². The third kappa shape index (κ3) is 4.69. The van der Waals surface area contributed by atoms with Gasteiger partial charge in [0.05, 0.1) is 12.0 Å². The Bertz CT molecular complexity index is 750. The Kier molecular flexibility index (Phi) is 7.32. The van der Waals surface area contributed by atoms with E-state index in [2.05, 4.69) is 17.3 Å². The van der Waals surface area contributed by atoms with Gasteiger partial charge in [-0.25, -0.2) is 0 Å². The molecular weight excluding hydrogens is 372 g/mol. The Morgan fingerprint density at radius 2 is 2.19 bits per heavy atom. The van der Waals surface area contributed by atoms with Crippen LogP contribution in [0.5, 0.6) is 11.5 Å². The van der Waals surface area contributed by atoms with Gasteiger partial charge in [-0.1, -0.05) is 0 Å². The highest BCUT2D eigenvalue weighted by Gasteiger charge is 2.20. The number of rotatable bonds is 6. The lowest BCUT2D eigenvalue weighted by molar-refractivity contribution is 0.0954. The van der Waals surface area contributed by atoms with Crippen LogP contribution >= 0.6 is 23.7 Å². The quantitative estimate of drug-likeness (QED) is 0.780. The minimum atomic E-state index is -0.0253. The van der Waals surface area contributed by atoms with Crippen LogP contribution in [0.25, 0.3) is 10.4 Å². The molecule has 0 saturated carbocycles. The van der Waals surface area contributed by atoms with Crippen LogP contribution < -0.4 is 10.1 Å². The second-order valence-electron chi connectivity index (χ2n) is 6.37. The van der Waals surface area contributed by atoms with Crippen molar-refractivity contribution in [3.8, 4) is 21.9 Å². The Labute approximate surface area is 164 Å². The molecule has 5 nitrogen and oxygen atoms in total. The molecule has 7 heteroatoms. The molecule has 2 N–H and O–H groups in total. The van der Waals surface area contributed by atoms with Gasteiger partial charge in [-0.2, -0.15) is 0 Å². The van der Waals surface area contributed by atoms with Crippen molar-refractivity contribution < 1.29 is 14.6 Å². The van der Waals surface area contributed by atoms with Crippen LogP contribution in [0, 0.1) is 0 Å². The lowest BCUT2D eigenvalue weighted by atomic mass is 10.1. The van der Waals surface area contributed by atoms with Crippen molar-refractivity contribution in [3.05, 3.63) is 35.2 Å². The number of carbonyl (C=O) groups is 1. The van der Waals surface area contributed by atoms with Gasteiger partial charge in [0.1, 0.15) is 0 Å². The first-order valence-corrected chi connectivity index (χ1v) is 9.36. The summed E-state index contributed by atoms with van der Waals surface area (Å²) in [5.41, 5.74) is 0.922. The molecule has 1 aliphatic heterocycles. The van der Waals surface area contributed by atoms with Crippen molar-refractivity contribution in [1.82, 2.24) is 10.2 Å². The Balaban J connectivity index is 0.00000243. The number of nitrogens with one attached hydrogen (secondary N) is 1. The monoisotopic (exact) mass is 396 g/mol. The number of hydrogen-bond donors (Lipinski definition) is 2. The number of methoxy groups -OCH3 is 1. The molecule has 26 heavy (non-hydrogen) atoms. The predicted octanol–water partition coefficient (Wildman–Crippen LogP) is 3.77. The summed E-state index contributed by atoms with van der Waals surface area (Å²) in [6, 6.07) is 9.56. The summed E-state index contributed by atoms with van der Waals surface area (Å²) in [5.74, 6) is 0.512. The van der Waals surface area contributed by atoms with Crippen LogP contribution in [0.2, 0.25) is 0 Å². The highest BCUT2D eigenvalue weighted by atomic mass is 35.5. The van der Waals surface area contributed by atoms with Crippen molar-refractivity contribution in [2.75, 3.05) is 27.2 Å². The van der Waals surface area contributed by atoms with Gasteiger partial charge in [0.25, 0.3) is 5.91 Å². The zero-order valence-corrected chi connectivity index (χ0v) is 16.7. The Hall–Kier alpha value is -1.76. The molecule has 1 unspecified atom stereocenters. The maximum Gasteiger partial charge on any atom is 0.261 e. The first kappa shape index (κ1) is 20.6. The number of nitrogens with zero attached hydrogens (tertiary/aromatic N) is 1. The van der Waals surface area contributed by atoms with E-state index in [-0.39, 0.29) is 24.1 Å². The minimum Gasteiger partial charge on any atom is -0.504 e. The van der Waals surface area contributed by atoms with Crippen molar-refractivity contribution >= 4 is 29.7 Å². The normalized spacial score (nSPS) is 16.9. The number of carbonyl (C=O) groups excluding carboxylic acids is 1. The maximum absolute atomic E-state index is 12.3. The van der Waals surface area contributed by atoms with Gasteiger partial charge >= 0.3 is 0 Å². The zero-order valence-electron chi connectivity index (χ0n) is 15.0. The van der Waals surface area contributed by atoms with Crippen LogP contribution in [0.3, 0.4) is 0 Å². The SMILES string of the molecule is COc1cc(-c2ccc(C(=O)NCCC3CCCN3C)s2)ccc1O.Cl. The molecule has 1 aliphatic rings. The molecule has 1 fully saturated rings. The predicted molar refractivity (Wildman–Crippen MR) is 108 cm³/mol. The van der Waals surface area contributed by atoms with E-state index in [1.54, 1.807) is 12.1 Å². The van der Waals surface area contributed by atoms with E-state index in [9.17, 15) is 9.90 Å². The summed E-state index contributed by atoms with van der Waals surface area (Å²) < 4.78 is 5.14. The van der Waals surface area contributed by atoms with Crippen LogP contribution in [-0.4, -0.2) is 49.2 Å². The summed E-state index contributed by atoms with van der Waals surface area (Å²) in [5, 5.41) is 12.7. The Morgan fingerprint density at radius 1 is 1.38 bits per heavy atom. The van der Waals surface area contributed by atoms with Gasteiger partial charge in [-0.3, -0.25) is 4.79 Å². The van der Waals surface area contributed by atoms with Crippen LogP contribution in [0.15, 0.2) is 30.3 Å². The van der Waals surface area contributed by atoms with Gasteiger partial charge in [0, 0.05) is 17.5 Å². The van der Waals surface area contributed by atoms with Gasteiger partial charge in [0.2, 0.25) is 0 Å². The van der Waals surface area contributed by atoms with Crippen LogP contribution in [0.1, 0.15) is 28.9 Å². The molecule has 2 aromatic rings. The average Bonchev–Trinajstić information content (AvgIpc) is 3.25. The van der Waals surface area contributed by atoms with E-state index in [1.165, 1.54) is 31.3 Å². The number of amides is 1. The molecule has 1 aromatic carbocycles. The average molecular weight is 397 g/mol. The van der Waals surface area contributed by atoms with Crippen LogP contribution in [0.4, 0.5) is 0 Å². The smallest absolute Gasteiger partial charge is 0.261 e. The highest BCUT2D eigenvalue weighted by Crippen LogP contribution is 2.34. The topological polar surface area (TPSA) is 61.8 Å².